The predicted molar refractivity (Wildman–Crippen MR) is 75.1 cm³/mol. The lowest BCUT2D eigenvalue weighted by molar-refractivity contribution is -0.147. The van der Waals surface area contributed by atoms with E-state index in [0.29, 0.717) is 13.2 Å². The van der Waals surface area contributed by atoms with Gasteiger partial charge in [0.2, 0.25) is 0 Å². The Morgan fingerprint density at radius 1 is 1.37 bits per heavy atom. The minimum absolute atomic E-state index is 0.125. The van der Waals surface area contributed by atoms with Gasteiger partial charge in [-0.2, -0.15) is 0 Å². The van der Waals surface area contributed by atoms with Crippen LogP contribution >= 0.6 is 0 Å². The van der Waals surface area contributed by atoms with Crippen LogP contribution in [-0.2, 0) is 16.1 Å². The van der Waals surface area contributed by atoms with Crippen LogP contribution in [0.1, 0.15) is 19.4 Å². The average molecular weight is 265 g/mol. The van der Waals surface area contributed by atoms with Crippen LogP contribution in [-0.4, -0.2) is 38.2 Å². The van der Waals surface area contributed by atoms with Crippen molar-refractivity contribution in [2.24, 2.45) is 5.92 Å². The van der Waals surface area contributed by atoms with Crippen LogP contribution in [0.15, 0.2) is 24.3 Å². The number of ether oxygens (including phenoxy) is 2. The van der Waals surface area contributed by atoms with Crippen molar-refractivity contribution in [3.63, 3.8) is 0 Å². The van der Waals surface area contributed by atoms with Crippen LogP contribution in [0.3, 0.4) is 0 Å². The number of hydrogen-bond donors (Lipinski definition) is 0. The molecule has 4 nitrogen and oxygen atoms in total. The van der Waals surface area contributed by atoms with Gasteiger partial charge in [-0.3, -0.25) is 4.79 Å². The molecule has 0 aliphatic heterocycles. The maximum absolute atomic E-state index is 11.6. The molecule has 1 aromatic rings. The van der Waals surface area contributed by atoms with Gasteiger partial charge in [0.25, 0.3) is 0 Å². The number of hydrogen-bond acceptors (Lipinski definition) is 4. The van der Waals surface area contributed by atoms with Crippen molar-refractivity contribution >= 4 is 5.97 Å². The lowest BCUT2D eigenvalue weighted by Crippen LogP contribution is -2.29. The molecule has 0 spiro atoms. The summed E-state index contributed by atoms with van der Waals surface area (Å²) in [5.74, 6) is 0.604. The molecule has 0 aromatic heterocycles. The van der Waals surface area contributed by atoms with E-state index in [9.17, 15) is 4.79 Å². The molecule has 4 heteroatoms. The summed E-state index contributed by atoms with van der Waals surface area (Å²) in [5, 5.41) is 0. The van der Waals surface area contributed by atoms with Crippen molar-refractivity contribution in [1.29, 1.82) is 0 Å². The molecule has 19 heavy (non-hydrogen) atoms. The number of benzene rings is 1. The van der Waals surface area contributed by atoms with Crippen LogP contribution < -0.4 is 4.74 Å². The van der Waals surface area contributed by atoms with Crippen molar-refractivity contribution in [3.8, 4) is 5.75 Å². The second-order valence-electron chi connectivity index (χ2n) is 4.66. The molecule has 0 aliphatic carbocycles. The van der Waals surface area contributed by atoms with Crippen molar-refractivity contribution < 1.29 is 14.3 Å². The van der Waals surface area contributed by atoms with E-state index in [-0.39, 0.29) is 11.9 Å². The molecular formula is C15H23NO3. The van der Waals surface area contributed by atoms with Gasteiger partial charge in [-0.25, -0.2) is 0 Å². The predicted octanol–water partition coefficient (Wildman–Crippen LogP) is 2.33. The summed E-state index contributed by atoms with van der Waals surface area (Å²) in [4.78, 5) is 13.7. The number of carbonyl (C=O) groups excluding carboxylic acids is 1. The van der Waals surface area contributed by atoms with Gasteiger partial charge in [-0.05, 0) is 20.0 Å². The highest BCUT2D eigenvalue weighted by Crippen LogP contribution is 2.19. The van der Waals surface area contributed by atoms with E-state index in [0.717, 1.165) is 17.9 Å². The van der Waals surface area contributed by atoms with E-state index in [1.807, 2.05) is 45.2 Å². The van der Waals surface area contributed by atoms with Gasteiger partial charge in [-0.1, -0.05) is 25.1 Å². The molecule has 1 atom stereocenters. The number of para-hydroxylation sites is 1. The van der Waals surface area contributed by atoms with E-state index in [2.05, 4.69) is 4.90 Å². The number of rotatable bonds is 7. The van der Waals surface area contributed by atoms with Gasteiger partial charge in [0.1, 0.15) is 5.75 Å². The maximum Gasteiger partial charge on any atom is 0.309 e. The zero-order valence-electron chi connectivity index (χ0n) is 12.2. The maximum atomic E-state index is 11.6. The quantitative estimate of drug-likeness (QED) is 0.709. The molecular weight excluding hydrogens is 242 g/mol. The number of nitrogens with zero attached hydrogens (tertiary/aromatic N) is 1. The topological polar surface area (TPSA) is 38.8 Å². The lowest BCUT2D eigenvalue weighted by Gasteiger charge is -2.21. The molecule has 0 saturated heterocycles. The summed E-state index contributed by atoms with van der Waals surface area (Å²) < 4.78 is 10.3. The molecule has 0 heterocycles. The van der Waals surface area contributed by atoms with Crippen molar-refractivity contribution in [3.05, 3.63) is 29.8 Å². The van der Waals surface area contributed by atoms with Gasteiger partial charge in [-0.15, -0.1) is 0 Å². The normalized spacial score (nSPS) is 12.3. The molecule has 1 rings (SSSR count). The minimum Gasteiger partial charge on any atom is -0.496 e. The van der Waals surface area contributed by atoms with E-state index >= 15 is 0 Å². The van der Waals surface area contributed by atoms with Gasteiger partial charge in [0, 0.05) is 18.7 Å². The van der Waals surface area contributed by atoms with E-state index < -0.39 is 0 Å². The Morgan fingerprint density at radius 2 is 2.05 bits per heavy atom. The van der Waals surface area contributed by atoms with E-state index in [1.165, 1.54) is 0 Å². The van der Waals surface area contributed by atoms with Crippen LogP contribution in [0.25, 0.3) is 0 Å². The summed E-state index contributed by atoms with van der Waals surface area (Å²) >= 11 is 0. The highest BCUT2D eigenvalue weighted by molar-refractivity contribution is 5.72. The second-order valence-corrected chi connectivity index (χ2v) is 4.66. The number of carbonyl (C=O) groups is 1. The first-order chi connectivity index (χ1) is 9.08. The van der Waals surface area contributed by atoms with E-state index in [1.54, 1.807) is 7.11 Å². The third kappa shape index (κ3) is 4.91. The monoisotopic (exact) mass is 265 g/mol. The third-order valence-electron chi connectivity index (χ3n) is 2.91. The molecule has 106 valence electrons. The van der Waals surface area contributed by atoms with Gasteiger partial charge in [0.15, 0.2) is 0 Å². The first kappa shape index (κ1) is 15.5. The summed E-state index contributed by atoms with van der Waals surface area (Å²) in [6.45, 7) is 5.55. The fourth-order valence-electron chi connectivity index (χ4n) is 2.02. The first-order valence-electron chi connectivity index (χ1n) is 6.55. The molecule has 0 amide bonds. The largest absolute Gasteiger partial charge is 0.496 e. The summed E-state index contributed by atoms with van der Waals surface area (Å²) in [7, 11) is 3.65. The van der Waals surface area contributed by atoms with E-state index in [4.69, 9.17) is 9.47 Å². The molecule has 0 bridgehead atoms. The SMILES string of the molecule is CCOC(=O)C(C)CN(C)Cc1ccccc1OC. The zero-order chi connectivity index (χ0) is 14.3. The Hall–Kier alpha value is -1.55. The number of methoxy groups -OCH3 is 1. The Morgan fingerprint density at radius 3 is 2.68 bits per heavy atom. The molecule has 0 fully saturated rings. The standard InChI is InChI=1S/C15H23NO3/c1-5-19-15(17)12(2)10-16(3)11-13-8-6-7-9-14(13)18-4/h6-9,12H,5,10-11H2,1-4H3. The summed E-state index contributed by atoms with van der Waals surface area (Å²) in [6.07, 6.45) is 0. The molecule has 1 unspecified atom stereocenters. The van der Waals surface area contributed by atoms with Gasteiger partial charge in [0.05, 0.1) is 19.6 Å². The molecule has 1 aromatic carbocycles. The Bertz CT molecular complexity index is 406. The average Bonchev–Trinajstić information content (AvgIpc) is 2.39. The lowest BCUT2D eigenvalue weighted by atomic mass is 10.1. The van der Waals surface area contributed by atoms with Gasteiger partial charge >= 0.3 is 5.97 Å². The molecule has 0 saturated carbocycles. The fourth-order valence-corrected chi connectivity index (χ4v) is 2.02. The highest BCUT2D eigenvalue weighted by atomic mass is 16.5. The smallest absolute Gasteiger partial charge is 0.309 e. The Kier molecular flexibility index (Phi) is 6.36. The first-order valence-corrected chi connectivity index (χ1v) is 6.55. The Labute approximate surface area is 115 Å². The molecule has 0 radical (unpaired) electrons. The van der Waals surface area contributed by atoms with Crippen LogP contribution in [0.5, 0.6) is 5.75 Å². The van der Waals surface area contributed by atoms with Crippen LogP contribution in [0.4, 0.5) is 0 Å². The zero-order valence-corrected chi connectivity index (χ0v) is 12.2. The van der Waals surface area contributed by atoms with Crippen molar-refractivity contribution in [2.45, 2.75) is 20.4 Å². The van der Waals surface area contributed by atoms with Gasteiger partial charge < -0.3 is 14.4 Å². The summed E-state index contributed by atoms with van der Waals surface area (Å²) in [5.41, 5.74) is 1.11. The molecule has 0 N–H and O–H groups in total. The summed E-state index contributed by atoms with van der Waals surface area (Å²) in [6, 6.07) is 7.91. The number of esters is 1. The van der Waals surface area contributed by atoms with Crippen molar-refractivity contribution in [2.75, 3.05) is 27.3 Å². The third-order valence-corrected chi connectivity index (χ3v) is 2.91. The van der Waals surface area contributed by atoms with Crippen molar-refractivity contribution in [1.82, 2.24) is 4.90 Å². The Balaban J connectivity index is 2.55. The highest BCUT2D eigenvalue weighted by Gasteiger charge is 2.16. The second kappa shape index (κ2) is 7.79. The van der Waals surface area contributed by atoms with Crippen LogP contribution in [0, 0.1) is 5.92 Å². The fraction of sp³-hybridized carbons (Fsp3) is 0.533. The van der Waals surface area contributed by atoms with Crippen LogP contribution in [0.2, 0.25) is 0 Å². The molecule has 0 aliphatic rings. The minimum atomic E-state index is -0.144.